The molecule has 1 aliphatic heterocycles. The monoisotopic (exact) mass is 422 g/mol. The van der Waals surface area contributed by atoms with Gasteiger partial charge < -0.3 is 15.5 Å². The molecule has 0 aliphatic carbocycles. The van der Waals surface area contributed by atoms with Crippen LogP contribution >= 0.6 is 0 Å². The molecule has 166 valence electrons. The van der Waals surface area contributed by atoms with Crippen molar-refractivity contribution in [1.29, 1.82) is 0 Å². The smallest absolute Gasteiger partial charge is 0.251 e. The van der Waals surface area contributed by atoms with Gasteiger partial charge in [-0.15, -0.1) is 0 Å². The van der Waals surface area contributed by atoms with Gasteiger partial charge >= 0.3 is 0 Å². The summed E-state index contributed by atoms with van der Waals surface area (Å²) in [6.07, 6.45) is 3.09. The maximum absolute atomic E-state index is 12.2. The summed E-state index contributed by atoms with van der Waals surface area (Å²) in [5.74, 6) is -0.00504. The van der Waals surface area contributed by atoms with Gasteiger partial charge in [0.25, 0.3) is 5.91 Å². The van der Waals surface area contributed by atoms with Gasteiger partial charge in [-0.25, -0.2) is 0 Å². The summed E-state index contributed by atoms with van der Waals surface area (Å²) in [6, 6.07) is 17.4. The van der Waals surface area contributed by atoms with Gasteiger partial charge in [0.05, 0.1) is 0 Å². The summed E-state index contributed by atoms with van der Waals surface area (Å²) in [4.78, 5) is 29.0. The minimum absolute atomic E-state index is 0.0418. The van der Waals surface area contributed by atoms with Crippen LogP contribution in [0, 0.1) is 0 Å². The van der Waals surface area contributed by atoms with Crippen molar-refractivity contribution in [2.45, 2.75) is 32.2 Å². The van der Waals surface area contributed by atoms with Crippen LogP contribution in [-0.2, 0) is 11.3 Å². The zero-order chi connectivity index (χ0) is 21.9. The lowest BCUT2D eigenvalue weighted by Gasteiger charge is -2.32. The molecule has 0 unspecified atom stereocenters. The second-order valence-electron chi connectivity index (χ2n) is 8.26. The van der Waals surface area contributed by atoms with Crippen LogP contribution in [0.1, 0.15) is 41.6 Å². The fourth-order valence-electron chi connectivity index (χ4n) is 3.66. The Morgan fingerprint density at radius 3 is 2.29 bits per heavy atom. The summed E-state index contributed by atoms with van der Waals surface area (Å²) in [7, 11) is 2.17. The van der Waals surface area contributed by atoms with E-state index in [2.05, 4.69) is 39.6 Å². The topological polar surface area (TPSA) is 64.7 Å². The molecular weight excluding hydrogens is 388 g/mol. The number of carbonyl (C=O) groups is 2. The third-order valence-electron chi connectivity index (χ3n) is 5.64. The molecule has 2 aromatic rings. The van der Waals surface area contributed by atoms with Crippen molar-refractivity contribution < 1.29 is 9.59 Å². The molecule has 0 radical (unpaired) electrons. The number of nitrogens with zero attached hydrogens (tertiary/aromatic N) is 2. The number of amides is 2. The van der Waals surface area contributed by atoms with Gasteiger partial charge in [0.15, 0.2) is 0 Å². The molecule has 31 heavy (non-hydrogen) atoms. The molecule has 0 aromatic heterocycles. The SMILES string of the molecule is CN1CCN(Cc2ccc(NC(=O)CCCCCNC(=O)c3ccccc3)cc2)CC1. The van der Waals surface area contributed by atoms with Crippen LogP contribution in [-0.4, -0.2) is 61.4 Å². The fraction of sp³-hybridized carbons (Fsp3) is 0.440. The Balaban J connectivity index is 1.27. The molecule has 2 aromatic carbocycles. The molecule has 0 spiro atoms. The first-order chi connectivity index (χ1) is 15.1. The Kier molecular flexibility index (Phi) is 9.06. The van der Waals surface area contributed by atoms with Crippen molar-refractivity contribution in [3.8, 4) is 0 Å². The van der Waals surface area contributed by atoms with Gasteiger partial charge in [0, 0.05) is 56.9 Å². The van der Waals surface area contributed by atoms with Crippen LogP contribution < -0.4 is 10.6 Å². The molecule has 3 rings (SSSR count). The van der Waals surface area contributed by atoms with Crippen molar-refractivity contribution in [2.24, 2.45) is 0 Å². The van der Waals surface area contributed by atoms with E-state index in [0.29, 0.717) is 18.5 Å². The highest BCUT2D eigenvalue weighted by Gasteiger charge is 2.13. The van der Waals surface area contributed by atoms with E-state index < -0.39 is 0 Å². The molecule has 1 saturated heterocycles. The van der Waals surface area contributed by atoms with E-state index in [-0.39, 0.29) is 11.8 Å². The van der Waals surface area contributed by atoms with Crippen LogP contribution in [0.25, 0.3) is 0 Å². The Morgan fingerprint density at radius 1 is 0.871 bits per heavy atom. The number of carbonyl (C=O) groups excluding carboxylic acids is 2. The van der Waals surface area contributed by atoms with Crippen LogP contribution in [0.3, 0.4) is 0 Å². The minimum Gasteiger partial charge on any atom is -0.352 e. The molecule has 2 amide bonds. The number of likely N-dealkylation sites (N-methyl/N-ethyl adjacent to an activating group) is 1. The van der Waals surface area contributed by atoms with E-state index >= 15 is 0 Å². The predicted octanol–water partition coefficient (Wildman–Crippen LogP) is 3.36. The van der Waals surface area contributed by atoms with Crippen molar-refractivity contribution >= 4 is 17.5 Å². The number of nitrogens with one attached hydrogen (secondary N) is 2. The average molecular weight is 423 g/mol. The quantitative estimate of drug-likeness (QED) is 0.576. The molecule has 2 N–H and O–H groups in total. The number of hydrogen-bond acceptors (Lipinski definition) is 4. The van der Waals surface area contributed by atoms with Gasteiger partial charge in [-0.3, -0.25) is 14.5 Å². The first-order valence-electron chi connectivity index (χ1n) is 11.2. The van der Waals surface area contributed by atoms with Crippen LogP contribution in [0.5, 0.6) is 0 Å². The molecule has 1 heterocycles. The number of benzene rings is 2. The summed E-state index contributed by atoms with van der Waals surface area (Å²) < 4.78 is 0. The number of unbranched alkanes of at least 4 members (excludes halogenated alkanes) is 2. The molecular formula is C25H34N4O2. The van der Waals surface area contributed by atoms with Gasteiger partial charge in [-0.05, 0) is 49.7 Å². The van der Waals surface area contributed by atoms with E-state index in [1.807, 2.05) is 30.3 Å². The zero-order valence-electron chi connectivity index (χ0n) is 18.5. The van der Waals surface area contributed by atoms with Crippen LogP contribution in [0.15, 0.2) is 54.6 Å². The maximum atomic E-state index is 12.2. The summed E-state index contributed by atoms with van der Waals surface area (Å²) >= 11 is 0. The highest BCUT2D eigenvalue weighted by atomic mass is 16.2. The first-order valence-corrected chi connectivity index (χ1v) is 11.2. The minimum atomic E-state index is -0.0468. The van der Waals surface area contributed by atoms with Crippen molar-refractivity contribution in [3.63, 3.8) is 0 Å². The van der Waals surface area contributed by atoms with E-state index in [0.717, 1.165) is 57.7 Å². The summed E-state index contributed by atoms with van der Waals surface area (Å²) in [5, 5.41) is 5.90. The van der Waals surface area contributed by atoms with E-state index in [9.17, 15) is 9.59 Å². The Morgan fingerprint density at radius 2 is 1.58 bits per heavy atom. The molecule has 6 heteroatoms. The fourth-order valence-corrected chi connectivity index (χ4v) is 3.66. The van der Waals surface area contributed by atoms with E-state index in [1.165, 1.54) is 5.56 Å². The maximum Gasteiger partial charge on any atom is 0.251 e. The normalized spacial score (nSPS) is 14.9. The molecule has 1 fully saturated rings. The predicted molar refractivity (Wildman–Crippen MR) is 125 cm³/mol. The summed E-state index contributed by atoms with van der Waals surface area (Å²) in [6.45, 7) is 6.03. The second-order valence-corrected chi connectivity index (χ2v) is 8.26. The third kappa shape index (κ3) is 8.15. The highest BCUT2D eigenvalue weighted by molar-refractivity contribution is 5.94. The van der Waals surface area contributed by atoms with Crippen molar-refractivity contribution in [1.82, 2.24) is 15.1 Å². The third-order valence-corrected chi connectivity index (χ3v) is 5.64. The largest absolute Gasteiger partial charge is 0.352 e. The van der Waals surface area contributed by atoms with Crippen LogP contribution in [0.2, 0.25) is 0 Å². The lowest BCUT2D eigenvalue weighted by atomic mass is 10.1. The summed E-state index contributed by atoms with van der Waals surface area (Å²) in [5.41, 5.74) is 2.80. The molecule has 6 nitrogen and oxygen atoms in total. The average Bonchev–Trinajstić information content (AvgIpc) is 2.79. The number of piperazine rings is 1. The highest BCUT2D eigenvalue weighted by Crippen LogP contribution is 2.13. The van der Waals surface area contributed by atoms with Gasteiger partial charge in [0.2, 0.25) is 5.91 Å². The van der Waals surface area contributed by atoms with E-state index in [4.69, 9.17) is 0 Å². The molecule has 0 atom stereocenters. The lowest BCUT2D eigenvalue weighted by molar-refractivity contribution is -0.116. The van der Waals surface area contributed by atoms with Gasteiger partial charge in [0.1, 0.15) is 0 Å². The van der Waals surface area contributed by atoms with Gasteiger partial charge in [-0.2, -0.15) is 0 Å². The first kappa shape index (κ1) is 23.0. The standard InChI is InChI=1S/C25H34N4O2/c1-28-16-18-29(19-17-28)20-21-11-13-23(14-12-21)27-24(30)10-6-3-7-15-26-25(31)22-8-4-2-5-9-22/h2,4-5,8-9,11-14H,3,6-7,10,15-20H2,1H3,(H,26,31)(H,27,30). The number of hydrogen-bond donors (Lipinski definition) is 2. The van der Waals surface area contributed by atoms with E-state index in [1.54, 1.807) is 12.1 Å². The van der Waals surface area contributed by atoms with Crippen molar-refractivity contribution in [3.05, 3.63) is 65.7 Å². The number of anilines is 1. The molecule has 0 saturated carbocycles. The Hall–Kier alpha value is -2.70. The lowest BCUT2D eigenvalue weighted by Crippen LogP contribution is -2.43. The van der Waals surface area contributed by atoms with Crippen LogP contribution in [0.4, 0.5) is 5.69 Å². The zero-order valence-corrected chi connectivity index (χ0v) is 18.5. The Bertz CT molecular complexity index is 815. The molecule has 0 bridgehead atoms. The number of rotatable bonds is 10. The second kappa shape index (κ2) is 12.2. The van der Waals surface area contributed by atoms with Gasteiger partial charge in [-0.1, -0.05) is 36.8 Å². The van der Waals surface area contributed by atoms with Crippen molar-refractivity contribution in [2.75, 3.05) is 45.1 Å². The Labute approximate surface area is 185 Å². The molecule has 1 aliphatic rings.